The summed E-state index contributed by atoms with van der Waals surface area (Å²) in [6, 6.07) is 15.7. The Labute approximate surface area is 237 Å². The van der Waals surface area contributed by atoms with E-state index in [0.717, 1.165) is 47.2 Å². The highest BCUT2D eigenvalue weighted by Gasteiger charge is 2.18. The van der Waals surface area contributed by atoms with E-state index in [1.807, 2.05) is 36.4 Å². The fourth-order valence-electron chi connectivity index (χ4n) is 5.84. The van der Waals surface area contributed by atoms with Gasteiger partial charge in [0.05, 0.1) is 0 Å². The summed E-state index contributed by atoms with van der Waals surface area (Å²) in [5, 5.41) is 3.89. The van der Waals surface area contributed by atoms with E-state index in [-0.39, 0.29) is 11.6 Å². The van der Waals surface area contributed by atoms with Gasteiger partial charge >= 0.3 is 0 Å². The van der Waals surface area contributed by atoms with Crippen LogP contribution in [0, 0.1) is 0 Å². The molecule has 0 aliphatic heterocycles. The van der Waals surface area contributed by atoms with Crippen LogP contribution < -0.4 is 0 Å². The first kappa shape index (κ1) is 28.1. The summed E-state index contributed by atoms with van der Waals surface area (Å²) in [6.07, 6.45) is 15.1. The number of ketones is 2. The third-order valence-corrected chi connectivity index (χ3v) is 8.24. The number of benzene rings is 3. The Morgan fingerprint density at radius 2 is 0.875 bits per heavy atom. The Bertz CT molecular complexity index is 1500. The monoisotopic (exact) mass is 538 g/mol. The molecule has 3 aromatic carbocycles. The first-order valence-corrected chi connectivity index (χ1v) is 15.5. The van der Waals surface area contributed by atoms with Crippen LogP contribution in [0.15, 0.2) is 57.4 Å². The number of fused-ring (bicyclic) bond motifs is 7. The maximum absolute atomic E-state index is 12.8. The smallest absolute Gasteiger partial charge is 0.178 e. The number of Topliss-reactive ketones (excluding diaryl/α,β-unsaturated/α-hetero) is 2. The Hall–Kier alpha value is -3.40. The topological polar surface area (TPSA) is 60.4 Å². The Kier molecular flexibility index (Phi) is 9.36. The summed E-state index contributed by atoms with van der Waals surface area (Å²) in [5.41, 5.74) is 4.18. The van der Waals surface area contributed by atoms with E-state index in [1.54, 1.807) is 0 Å². The number of furan rings is 2. The third kappa shape index (κ3) is 6.16. The fraction of sp³-hybridized carbons (Fsp3) is 0.444. The summed E-state index contributed by atoms with van der Waals surface area (Å²) in [4.78, 5) is 25.7. The van der Waals surface area contributed by atoms with Gasteiger partial charge in [-0.2, -0.15) is 0 Å². The molecule has 0 N–H and O–H groups in total. The Morgan fingerprint density at radius 3 is 1.30 bits per heavy atom. The van der Waals surface area contributed by atoms with Crippen LogP contribution in [-0.4, -0.2) is 11.6 Å². The van der Waals surface area contributed by atoms with Crippen LogP contribution in [0.25, 0.3) is 43.9 Å². The van der Waals surface area contributed by atoms with Gasteiger partial charge in [-0.3, -0.25) is 9.59 Å². The highest BCUT2D eigenvalue weighted by atomic mass is 16.4. The molecule has 40 heavy (non-hydrogen) atoms. The number of hydrogen-bond donors (Lipinski definition) is 0. The molecule has 0 unspecified atom stereocenters. The second kappa shape index (κ2) is 13.3. The van der Waals surface area contributed by atoms with E-state index < -0.39 is 0 Å². The van der Waals surface area contributed by atoms with Gasteiger partial charge in [-0.15, -0.1) is 0 Å². The van der Waals surface area contributed by atoms with Crippen molar-refractivity contribution in [2.45, 2.75) is 104 Å². The summed E-state index contributed by atoms with van der Waals surface area (Å²) in [6.45, 7) is 4.43. The molecule has 210 valence electrons. The average Bonchev–Trinajstić information content (AvgIpc) is 3.54. The van der Waals surface area contributed by atoms with Gasteiger partial charge in [-0.05, 0) is 49.2 Å². The molecule has 0 radical (unpaired) electrons. The van der Waals surface area contributed by atoms with Gasteiger partial charge in [-0.25, -0.2) is 0 Å². The lowest BCUT2D eigenvalue weighted by molar-refractivity contribution is 0.0971. The number of hydrogen-bond acceptors (Lipinski definition) is 4. The molecule has 0 bridgehead atoms. The maximum atomic E-state index is 12.8. The Morgan fingerprint density at radius 1 is 0.500 bits per heavy atom. The summed E-state index contributed by atoms with van der Waals surface area (Å²) in [5.74, 6) is 0.342. The standard InChI is InChI=1S/C36H42O4/c1-3-5-7-9-11-13-15-31(37)25-17-19-27-29-21-22-30-28-20-18-26(32(38)16-14-12-10-8-6-4-2)24-34(28)40-36(30)35(29)39-33(27)23-25/h17-24H,3-16H2,1-2H3. The zero-order valence-electron chi connectivity index (χ0n) is 24.2. The number of rotatable bonds is 16. The van der Waals surface area contributed by atoms with Crippen molar-refractivity contribution in [3.05, 3.63) is 59.7 Å². The van der Waals surface area contributed by atoms with Gasteiger partial charge in [-0.1, -0.05) is 90.2 Å². The van der Waals surface area contributed by atoms with Gasteiger partial charge in [0.1, 0.15) is 11.2 Å². The molecule has 0 atom stereocenters. The molecule has 2 aromatic heterocycles. The van der Waals surface area contributed by atoms with Crippen LogP contribution >= 0.6 is 0 Å². The molecule has 0 aliphatic rings. The van der Waals surface area contributed by atoms with Gasteiger partial charge < -0.3 is 8.83 Å². The van der Waals surface area contributed by atoms with Gasteiger partial charge in [0.15, 0.2) is 22.7 Å². The van der Waals surface area contributed by atoms with Gasteiger partial charge in [0, 0.05) is 45.5 Å². The molecule has 4 nitrogen and oxygen atoms in total. The second-order valence-electron chi connectivity index (χ2n) is 11.3. The van der Waals surface area contributed by atoms with Crippen LogP contribution in [0.1, 0.15) is 124 Å². The van der Waals surface area contributed by atoms with Crippen molar-refractivity contribution in [2.75, 3.05) is 0 Å². The van der Waals surface area contributed by atoms with Gasteiger partial charge in [0.2, 0.25) is 0 Å². The molecule has 2 heterocycles. The van der Waals surface area contributed by atoms with Crippen molar-refractivity contribution in [3.63, 3.8) is 0 Å². The minimum absolute atomic E-state index is 0.171. The summed E-state index contributed by atoms with van der Waals surface area (Å²) < 4.78 is 12.6. The molecule has 0 saturated heterocycles. The highest BCUT2D eigenvalue weighted by Crippen LogP contribution is 2.39. The van der Waals surface area contributed by atoms with Crippen molar-refractivity contribution in [2.24, 2.45) is 0 Å². The van der Waals surface area contributed by atoms with Crippen LogP contribution in [0.5, 0.6) is 0 Å². The molecule has 5 rings (SSSR count). The summed E-state index contributed by atoms with van der Waals surface area (Å²) >= 11 is 0. The van der Waals surface area contributed by atoms with E-state index in [1.165, 1.54) is 51.4 Å². The lowest BCUT2D eigenvalue weighted by atomic mass is 10.0. The van der Waals surface area contributed by atoms with E-state index >= 15 is 0 Å². The molecule has 0 amide bonds. The van der Waals surface area contributed by atoms with E-state index in [9.17, 15) is 9.59 Å². The van der Waals surface area contributed by atoms with Crippen molar-refractivity contribution in [3.8, 4) is 0 Å². The molecule has 0 aliphatic carbocycles. The van der Waals surface area contributed by atoms with E-state index in [0.29, 0.717) is 46.3 Å². The number of unbranched alkanes of at least 4 members (excludes halogenated alkanes) is 10. The zero-order chi connectivity index (χ0) is 27.9. The predicted molar refractivity (Wildman–Crippen MR) is 166 cm³/mol. The minimum atomic E-state index is 0.171. The molecule has 4 heteroatoms. The van der Waals surface area contributed by atoms with Crippen molar-refractivity contribution in [1.29, 1.82) is 0 Å². The van der Waals surface area contributed by atoms with E-state index in [4.69, 9.17) is 8.83 Å². The molecule has 0 spiro atoms. The van der Waals surface area contributed by atoms with E-state index in [2.05, 4.69) is 26.0 Å². The molecular formula is C36H42O4. The predicted octanol–water partition coefficient (Wildman–Crippen LogP) is 11.4. The molecule has 0 fully saturated rings. The first-order valence-electron chi connectivity index (χ1n) is 15.5. The minimum Gasteiger partial charge on any atom is -0.452 e. The maximum Gasteiger partial charge on any atom is 0.178 e. The first-order chi connectivity index (χ1) is 19.6. The van der Waals surface area contributed by atoms with Crippen molar-refractivity contribution >= 4 is 55.4 Å². The molecule has 5 aromatic rings. The molecular weight excluding hydrogens is 496 g/mol. The fourth-order valence-corrected chi connectivity index (χ4v) is 5.84. The average molecular weight is 539 g/mol. The Balaban J connectivity index is 1.34. The van der Waals surface area contributed by atoms with Crippen LogP contribution in [0.4, 0.5) is 0 Å². The largest absolute Gasteiger partial charge is 0.452 e. The third-order valence-electron chi connectivity index (χ3n) is 8.24. The lowest BCUT2D eigenvalue weighted by Gasteiger charge is -2.02. The normalized spacial score (nSPS) is 11.8. The zero-order valence-corrected chi connectivity index (χ0v) is 24.2. The van der Waals surface area contributed by atoms with Crippen molar-refractivity contribution < 1.29 is 18.4 Å². The van der Waals surface area contributed by atoms with Crippen LogP contribution in [-0.2, 0) is 0 Å². The van der Waals surface area contributed by atoms with Crippen molar-refractivity contribution in [1.82, 2.24) is 0 Å². The quantitative estimate of drug-likeness (QED) is 0.0925. The van der Waals surface area contributed by atoms with Crippen LogP contribution in [0.3, 0.4) is 0 Å². The summed E-state index contributed by atoms with van der Waals surface area (Å²) in [7, 11) is 0. The highest BCUT2D eigenvalue weighted by molar-refractivity contribution is 6.19. The molecule has 0 saturated carbocycles. The lowest BCUT2D eigenvalue weighted by Crippen LogP contribution is -1.98. The second-order valence-corrected chi connectivity index (χ2v) is 11.3. The SMILES string of the molecule is CCCCCCCCC(=O)c1ccc2c(c1)oc1c2ccc2c3ccc(C(=O)CCCCCCCC)cc3oc21. The van der Waals surface area contributed by atoms with Gasteiger partial charge in [0.25, 0.3) is 0 Å². The number of carbonyl (C=O) groups excluding carboxylic acids is 2. The van der Waals surface area contributed by atoms with Crippen LogP contribution in [0.2, 0.25) is 0 Å². The number of carbonyl (C=O) groups is 2.